The largest absolute Gasteiger partial charge is 0.353 e. The molecular formula is C17H18ClN5. The van der Waals surface area contributed by atoms with Gasteiger partial charge in [-0.1, -0.05) is 29.8 Å². The van der Waals surface area contributed by atoms with Crippen LogP contribution in [0.15, 0.2) is 36.4 Å². The molecule has 1 aromatic heterocycles. The number of hydrogen-bond acceptors (Lipinski definition) is 5. The third-order valence-electron chi connectivity index (χ3n) is 4.31. The predicted octanol–water partition coefficient (Wildman–Crippen LogP) is 2.88. The molecule has 1 saturated heterocycles. The summed E-state index contributed by atoms with van der Waals surface area (Å²) in [6, 6.07) is 13.9. The van der Waals surface area contributed by atoms with Crippen molar-refractivity contribution in [1.29, 1.82) is 5.26 Å². The van der Waals surface area contributed by atoms with Crippen LogP contribution < -0.4 is 4.90 Å². The fraction of sp³-hybridized carbons (Fsp3) is 0.353. The summed E-state index contributed by atoms with van der Waals surface area (Å²) in [5.74, 6) is 0.828. The van der Waals surface area contributed by atoms with Crippen molar-refractivity contribution in [2.45, 2.75) is 13.0 Å². The number of anilines is 1. The van der Waals surface area contributed by atoms with E-state index in [1.165, 1.54) is 5.56 Å². The Morgan fingerprint density at radius 2 is 1.83 bits per heavy atom. The molecule has 0 radical (unpaired) electrons. The summed E-state index contributed by atoms with van der Waals surface area (Å²) in [7, 11) is 0. The standard InChI is InChI=1S/C17H18ClN5/c1-13(15-4-2-3-5-16(15)18)22-8-10-23(11-9-22)17-7-6-14(12-19)20-21-17/h2-7,13H,8-11H2,1H3. The molecular weight excluding hydrogens is 310 g/mol. The molecule has 2 aromatic rings. The highest BCUT2D eigenvalue weighted by Gasteiger charge is 2.23. The van der Waals surface area contributed by atoms with Crippen LogP contribution in [0.1, 0.15) is 24.2 Å². The van der Waals surface area contributed by atoms with Gasteiger partial charge in [-0.15, -0.1) is 10.2 Å². The maximum Gasteiger partial charge on any atom is 0.163 e. The number of rotatable bonds is 3. The number of hydrogen-bond donors (Lipinski definition) is 0. The lowest BCUT2D eigenvalue weighted by molar-refractivity contribution is 0.198. The summed E-state index contributed by atoms with van der Waals surface area (Å²) in [4.78, 5) is 4.62. The topological polar surface area (TPSA) is 56.0 Å². The molecule has 0 amide bonds. The van der Waals surface area contributed by atoms with E-state index in [-0.39, 0.29) is 6.04 Å². The molecule has 0 N–H and O–H groups in total. The SMILES string of the molecule is CC(c1ccccc1Cl)N1CCN(c2ccc(C#N)nn2)CC1. The Morgan fingerprint density at radius 3 is 2.43 bits per heavy atom. The quantitative estimate of drug-likeness (QED) is 0.867. The van der Waals surface area contributed by atoms with Crippen molar-refractivity contribution in [2.75, 3.05) is 31.1 Å². The van der Waals surface area contributed by atoms with Gasteiger partial charge in [0, 0.05) is 37.2 Å². The molecule has 0 saturated carbocycles. The fourth-order valence-corrected chi connectivity index (χ4v) is 3.20. The molecule has 5 nitrogen and oxygen atoms in total. The van der Waals surface area contributed by atoms with Crippen LogP contribution in [0.25, 0.3) is 0 Å². The molecule has 1 atom stereocenters. The van der Waals surface area contributed by atoms with Crippen LogP contribution in [0.5, 0.6) is 0 Å². The first-order valence-corrected chi connectivity index (χ1v) is 8.04. The number of aromatic nitrogens is 2. The smallest absolute Gasteiger partial charge is 0.163 e. The van der Waals surface area contributed by atoms with E-state index in [4.69, 9.17) is 16.9 Å². The van der Waals surface area contributed by atoms with E-state index in [1.807, 2.05) is 30.3 Å². The van der Waals surface area contributed by atoms with Gasteiger partial charge in [0.05, 0.1) is 0 Å². The Hall–Kier alpha value is -2.16. The summed E-state index contributed by atoms with van der Waals surface area (Å²) in [6.07, 6.45) is 0. The van der Waals surface area contributed by atoms with Gasteiger partial charge in [0.15, 0.2) is 11.5 Å². The predicted molar refractivity (Wildman–Crippen MR) is 90.4 cm³/mol. The monoisotopic (exact) mass is 327 g/mol. The Morgan fingerprint density at radius 1 is 1.09 bits per heavy atom. The molecule has 3 rings (SSSR count). The first kappa shape index (κ1) is 15.7. The lowest BCUT2D eigenvalue weighted by atomic mass is 10.1. The number of benzene rings is 1. The summed E-state index contributed by atoms with van der Waals surface area (Å²) in [5.41, 5.74) is 1.51. The van der Waals surface area contributed by atoms with E-state index in [9.17, 15) is 0 Å². The van der Waals surface area contributed by atoms with Gasteiger partial charge >= 0.3 is 0 Å². The summed E-state index contributed by atoms with van der Waals surface area (Å²) in [5, 5.41) is 17.6. The molecule has 1 fully saturated rings. The first-order chi connectivity index (χ1) is 11.2. The normalized spacial score (nSPS) is 16.8. The van der Waals surface area contributed by atoms with E-state index in [1.54, 1.807) is 6.07 Å². The van der Waals surface area contributed by atoms with Gasteiger partial charge in [-0.25, -0.2) is 0 Å². The zero-order chi connectivity index (χ0) is 16.2. The van der Waals surface area contributed by atoms with Gasteiger partial charge in [0.25, 0.3) is 0 Å². The van der Waals surface area contributed by atoms with Gasteiger partial charge < -0.3 is 4.90 Å². The summed E-state index contributed by atoms with van der Waals surface area (Å²) in [6.45, 7) is 5.84. The average molecular weight is 328 g/mol. The summed E-state index contributed by atoms with van der Waals surface area (Å²) >= 11 is 6.31. The van der Waals surface area contributed by atoms with Crippen LogP contribution in [-0.4, -0.2) is 41.3 Å². The Bertz CT molecular complexity index is 702. The maximum absolute atomic E-state index is 8.78. The molecule has 1 aliphatic rings. The molecule has 0 spiro atoms. The van der Waals surface area contributed by atoms with Crippen LogP contribution >= 0.6 is 11.6 Å². The minimum atomic E-state index is 0.290. The van der Waals surface area contributed by atoms with E-state index in [2.05, 4.69) is 33.0 Å². The van der Waals surface area contributed by atoms with Gasteiger partial charge in [-0.3, -0.25) is 4.90 Å². The minimum Gasteiger partial charge on any atom is -0.353 e. The van der Waals surface area contributed by atoms with Crippen LogP contribution in [0, 0.1) is 11.3 Å². The number of nitriles is 1. The molecule has 1 unspecified atom stereocenters. The van der Waals surface area contributed by atoms with E-state index in [0.29, 0.717) is 5.69 Å². The third kappa shape index (κ3) is 3.44. The number of piperazine rings is 1. The molecule has 0 bridgehead atoms. The van der Waals surface area contributed by atoms with Crippen LogP contribution in [0.2, 0.25) is 5.02 Å². The van der Waals surface area contributed by atoms with Crippen molar-refractivity contribution in [3.05, 3.63) is 52.7 Å². The van der Waals surface area contributed by atoms with Crippen molar-refractivity contribution >= 4 is 17.4 Å². The van der Waals surface area contributed by atoms with Crippen LogP contribution in [0.3, 0.4) is 0 Å². The second-order valence-electron chi connectivity index (χ2n) is 5.61. The zero-order valence-corrected chi connectivity index (χ0v) is 13.7. The molecule has 1 aromatic carbocycles. The Labute approximate surface area is 141 Å². The average Bonchev–Trinajstić information content (AvgIpc) is 2.62. The van der Waals surface area contributed by atoms with E-state index >= 15 is 0 Å². The fourth-order valence-electron chi connectivity index (χ4n) is 2.90. The van der Waals surface area contributed by atoms with Gasteiger partial charge in [-0.05, 0) is 30.7 Å². The Balaban J connectivity index is 1.64. The Kier molecular flexibility index (Phi) is 4.75. The maximum atomic E-state index is 8.78. The highest BCUT2D eigenvalue weighted by atomic mass is 35.5. The van der Waals surface area contributed by atoms with Crippen molar-refractivity contribution in [2.24, 2.45) is 0 Å². The highest BCUT2D eigenvalue weighted by Crippen LogP contribution is 2.28. The molecule has 118 valence electrons. The van der Waals surface area contributed by atoms with Crippen LogP contribution in [-0.2, 0) is 0 Å². The van der Waals surface area contributed by atoms with Gasteiger partial charge in [-0.2, -0.15) is 5.26 Å². The van der Waals surface area contributed by atoms with Crippen molar-refractivity contribution in [1.82, 2.24) is 15.1 Å². The zero-order valence-electron chi connectivity index (χ0n) is 13.0. The van der Waals surface area contributed by atoms with E-state index in [0.717, 1.165) is 37.0 Å². The molecule has 2 heterocycles. The summed E-state index contributed by atoms with van der Waals surface area (Å²) < 4.78 is 0. The highest BCUT2D eigenvalue weighted by molar-refractivity contribution is 6.31. The van der Waals surface area contributed by atoms with Gasteiger partial charge in [0.2, 0.25) is 0 Å². The second-order valence-corrected chi connectivity index (χ2v) is 6.02. The van der Waals surface area contributed by atoms with E-state index < -0.39 is 0 Å². The molecule has 0 aliphatic carbocycles. The lowest BCUT2D eigenvalue weighted by Crippen LogP contribution is -2.47. The lowest BCUT2D eigenvalue weighted by Gasteiger charge is -2.38. The first-order valence-electron chi connectivity index (χ1n) is 7.66. The van der Waals surface area contributed by atoms with Crippen molar-refractivity contribution in [3.63, 3.8) is 0 Å². The second kappa shape index (κ2) is 6.95. The third-order valence-corrected chi connectivity index (χ3v) is 4.65. The molecule has 23 heavy (non-hydrogen) atoms. The minimum absolute atomic E-state index is 0.290. The van der Waals surface area contributed by atoms with Gasteiger partial charge in [0.1, 0.15) is 6.07 Å². The number of halogens is 1. The molecule has 6 heteroatoms. The molecule has 1 aliphatic heterocycles. The van der Waals surface area contributed by atoms with Crippen LogP contribution in [0.4, 0.5) is 5.82 Å². The van der Waals surface area contributed by atoms with Crippen molar-refractivity contribution < 1.29 is 0 Å². The van der Waals surface area contributed by atoms with Crippen molar-refractivity contribution in [3.8, 4) is 6.07 Å². The number of nitrogens with zero attached hydrogens (tertiary/aromatic N) is 5.